The van der Waals surface area contributed by atoms with E-state index in [1.165, 1.54) is 10.4 Å². The van der Waals surface area contributed by atoms with Crippen molar-refractivity contribution < 1.29 is 9.53 Å². The number of hydrogen-bond acceptors (Lipinski definition) is 3. The molecule has 146 valence electrons. The lowest BCUT2D eigenvalue weighted by Gasteiger charge is -2.42. The number of thiophene rings is 1. The first kappa shape index (κ1) is 20.1. The molecule has 3 nitrogen and oxygen atoms in total. The van der Waals surface area contributed by atoms with Gasteiger partial charge in [-0.1, -0.05) is 43.3 Å². The van der Waals surface area contributed by atoms with E-state index in [1.807, 2.05) is 0 Å². The molecule has 0 bridgehead atoms. The molecule has 2 heterocycles. The van der Waals surface area contributed by atoms with Crippen molar-refractivity contribution in [3.8, 4) is 0 Å². The Hall–Kier alpha value is -1.65. The van der Waals surface area contributed by atoms with E-state index in [1.54, 1.807) is 18.3 Å². The molecule has 1 fully saturated rings. The third kappa shape index (κ3) is 4.61. The maximum absolute atomic E-state index is 12.5. The molecule has 1 amide bonds. The van der Waals surface area contributed by atoms with Gasteiger partial charge in [0.05, 0.1) is 5.60 Å². The van der Waals surface area contributed by atoms with Gasteiger partial charge in [0.15, 0.2) is 0 Å². The summed E-state index contributed by atoms with van der Waals surface area (Å²) in [4.78, 5) is 15.9. The van der Waals surface area contributed by atoms with Crippen LogP contribution in [0, 0.1) is 0 Å². The molecule has 1 aromatic carbocycles. The average Bonchev–Trinajstić information content (AvgIpc) is 3.16. The Balaban J connectivity index is 1.82. The van der Waals surface area contributed by atoms with Crippen molar-refractivity contribution in [2.45, 2.75) is 64.0 Å². The van der Waals surface area contributed by atoms with Crippen molar-refractivity contribution in [1.29, 1.82) is 0 Å². The summed E-state index contributed by atoms with van der Waals surface area (Å²) >= 11 is 1.80. The van der Waals surface area contributed by atoms with Gasteiger partial charge in [0.1, 0.15) is 0 Å². The Bertz CT molecular complexity index is 741. The van der Waals surface area contributed by atoms with Gasteiger partial charge in [-0.3, -0.25) is 4.79 Å². The zero-order chi connectivity index (χ0) is 19.5. The van der Waals surface area contributed by atoms with Gasteiger partial charge in [-0.2, -0.15) is 0 Å². The molecule has 2 unspecified atom stereocenters. The van der Waals surface area contributed by atoms with E-state index in [9.17, 15) is 4.79 Å². The third-order valence-corrected chi connectivity index (χ3v) is 6.98. The van der Waals surface area contributed by atoms with Gasteiger partial charge < -0.3 is 9.64 Å². The Labute approximate surface area is 167 Å². The fraction of sp³-hybridized carbons (Fsp3) is 0.522. The summed E-state index contributed by atoms with van der Waals surface area (Å²) in [6.45, 7) is 9.74. The van der Waals surface area contributed by atoms with E-state index in [0.29, 0.717) is 0 Å². The number of rotatable bonds is 6. The first-order valence-corrected chi connectivity index (χ1v) is 10.7. The summed E-state index contributed by atoms with van der Waals surface area (Å²) in [6.07, 6.45) is 2.73. The second-order valence-corrected chi connectivity index (χ2v) is 9.34. The summed E-state index contributed by atoms with van der Waals surface area (Å²) in [6, 6.07) is 15.3. The summed E-state index contributed by atoms with van der Waals surface area (Å²) in [5.74, 6) is 0.166. The highest BCUT2D eigenvalue weighted by molar-refractivity contribution is 7.10. The molecule has 0 saturated carbocycles. The Morgan fingerprint density at radius 3 is 2.59 bits per heavy atom. The molecule has 27 heavy (non-hydrogen) atoms. The Morgan fingerprint density at radius 2 is 2.00 bits per heavy atom. The summed E-state index contributed by atoms with van der Waals surface area (Å²) in [5, 5.41) is 2.14. The van der Waals surface area contributed by atoms with Gasteiger partial charge in [-0.15, -0.1) is 11.3 Å². The molecule has 1 aliphatic rings. The molecule has 0 spiro atoms. The van der Waals surface area contributed by atoms with Crippen LogP contribution in [0.25, 0.3) is 0 Å². The molecule has 0 radical (unpaired) electrons. The van der Waals surface area contributed by atoms with Crippen molar-refractivity contribution in [3.63, 3.8) is 0 Å². The minimum atomic E-state index is -0.160. The maximum Gasteiger partial charge on any atom is 0.219 e. The van der Waals surface area contributed by atoms with Crippen molar-refractivity contribution in [2.24, 2.45) is 0 Å². The zero-order valence-electron chi connectivity index (χ0n) is 16.9. The molecule has 0 aliphatic carbocycles. The van der Waals surface area contributed by atoms with Gasteiger partial charge in [0.2, 0.25) is 5.91 Å². The van der Waals surface area contributed by atoms with Gasteiger partial charge in [-0.05, 0) is 50.1 Å². The van der Waals surface area contributed by atoms with Crippen molar-refractivity contribution in [1.82, 2.24) is 4.90 Å². The topological polar surface area (TPSA) is 29.5 Å². The lowest BCUT2D eigenvalue weighted by atomic mass is 9.77. The van der Waals surface area contributed by atoms with Crippen LogP contribution in [0.15, 0.2) is 47.8 Å². The van der Waals surface area contributed by atoms with E-state index in [2.05, 4.69) is 73.5 Å². The van der Waals surface area contributed by atoms with Crippen molar-refractivity contribution in [3.05, 3.63) is 58.3 Å². The lowest BCUT2D eigenvalue weighted by Crippen LogP contribution is -2.49. The summed E-state index contributed by atoms with van der Waals surface area (Å²) in [7, 11) is 0. The van der Waals surface area contributed by atoms with Gasteiger partial charge in [-0.25, -0.2) is 0 Å². The van der Waals surface area contributed by atoms with Crippen LogP contribution in [0.1, 0.15) is 57.4 Å². The predicted molar refractivity (Wildman–Crippen MR) is 112 cm³/mol. The standard InChI is InChI=1S/C23H31NO2S/c1-18(25)24(20-12-15-26-22(2,3)17-20)14-13-23(4,21-11-8-16-27-21)19-9-6-5-7-10-19/h5-11,16,20H,12-15,17H2,1-4H3. The molecule has 2 atom stereocenters. The quantitative estimate of drug-likeness (QED) is 0.680. The van der Waals surface area contributed by atoms with E-state index in [0.717, 1.165) is 32.4 Å². The van der Waals surface area contributed by atoms with Crippen LogP contribution in [-0.2, 0) is 14.9 Å². The van der Waals surface area contributed by atoms with Crippen LogP contribution in [0.4, 0.5) is 0 Å². The number of nitrogens with zero attached hydrogens (tertiary/aromatic N) is 1. The molecule has 1 saturated heterocycles. The number of carbonyl (C=O) groups is 1. The second kappa shape index (κ2) is 8.15. The van der Waals surface area contributed by atoms with Crippen LogP contribution >= 0.6 is 11.3 Å². The lowest BCUT2D eigenvalue weighted by molar-refractivity contribution is -0.138. The molecule has 2 aromatic rings. The highest BCUT2D eigenvalue weighted by Gasteiger charge is 2.36. The minimum absolute atomic E-state index is 0.0934. The highest BCUT2D eigenvalue weighted by Crippen LogP contribution is 2.38. The molecular weight excluding hydrogens is 354 g/mol. The van der Waals surface area contributed by atoms with E-state index >= 15 is 0 Å². The normalized spacial score (nSPS) is 21.4. The van der Waals surface area contributed by atoms with Crippen LogP contribution < -0.4 is 0 Å². The molecule has 0 N–H and O–H groups in total. The molecular formula is C23H31NO2S. The van der Waals surface area contributed by atoms with E-state index < -0.39 is 0 Å². The predicted octanol–water partition coefficient (Wildman–Crippen LogP) is 5.25. The van der Waals surface area contributed by atoms with Gasteiger partial charge in [0, 0.05) is 36.4 Å². The molecule has 1 aliphatic heterocycles. The van der Waals surface area contributed by atoms with Gasteiger partial charge in [0.25, 0.3) is 0 Å². The SMILES string of the molecule is CC(=O)N(CCC(C)(c1ccccc1)c1cccs1)C1CCOC(C)(C)C1. The number of ether oxygens (including phenoxy) is 1. The first-order chi connectivity index (χ1) is 12.8. The van der Waals surface area contributed by atoms with Crippen LogP contribution in [0.5, 0.6) is 0 Å². The van der Waals surface area contributed by atoms with E-state index in [-0.39, 0.29) is 23.0 Å². The molecule has 1 aromatic heterocycles. The highest BCUT2D eigenvalue weighted by atomic mass is 32.1. The number of benzene rings is 1. The number of hydrogen-bond donors (Lipinski definition) is 0. The van der Waals surface area contributed by atoms with E-state index in [4.69, 9.17) is 4.74 Å². The van der Waals surface area contributed by atoms with Crippen LogP contribution in [-0.4, -0.2) is 35.6 Å². The van der Waals surface area contributed by atoms with Crippen molar-refractivity contribution >= 4 is 17.2 Å². The fourth-order valence-corrected chi connectivity index (χ4v) is 5.16. The monoisotopic (exact) mass is 385 g/mol. The molecule has 4 heteroatoms. The second-order valence-electron chi connectivity index (χ2n) is 8.39. The zero-order valence-corrected chi connectivity index (χ0v) is 17.7. The summed E-state index contributed by atoms with van der Waals surface area (Å²) in [5.41, 5.74) is 1.06. The number of carbonyl (C=O) groups excluding carboxylic acids is 1. The third-order valence-electron chi connectivity index (χ3n) is 5.84. The Kier molecular flexibility index (Phi) is 6.07. The first-order valence-electron chi connectivity index (χ1n) is 9.82. The fourth-order valence-electron chi connectivity index (χ4n) is 4.22. The smallest absolute Gasteiger partial charge is 0.219 e. The number of amides is 1. The van der Waals surface area contributed by atoms with Crippen LogP contribution in [0.3, 0.4) is 0 Å². The van der Waals surface area contributed by atoms with Crippen molar-refractivity contribution in [2.75, 3.05) is 13.2 Å². The average molecular weight is 386 g/mol. The maximum atomic E-state index is 12.5. The van der Waals surface area contributed by atoms with Gasteiger partial charge >= 0.3 is 0 Å². The van der Waals surface area contributed by atoms with Crippen LogP contribution in [0.2, 0.25) is 0 Å². The minimum Gasteiger partial charge on any atom is -0.375 e. The Morgan fingerprint density at radius 1 is 1.26 bits per heavy atom. The summed E-state index contributed by atoms with van der Waals surface area (Å²) < 4.78 is 5.86. The molecule has 3 rings (SSSR count). The largest absolute Gasteiger partial charge is 0.375 e.